The molecule has 0 aliphatic heterocycles. The van der Waals surface area contributed by atoms with Crippen LogP contribution in [0.4, 0.5) is 0 Å². The van der Waals surface area contributed by atoms with Crippen LogP contribution in [0, 0.1) is 6.92 Å². The summed E-state index contributed by atoms with van der Waals surface area (Å²) in [6.07, 6.45) is 1.82. The number of aryl methyl sites for hydroxylation is 2. The van der Waals surface area contributed by atoms with Crippen LogP contribution in [-0.2, 0) is 13.6 Å². The molecule has 0 bridgehead atoms. The molecule has 2 aromatic rings. The molecule has 0 radical (unpaired) electrons. The van der Waals surface area contributed by atoms with Gasteiger partial charge in [0, 0.05) is 13.6 Å². The monoisotopic (exact) mass is 175 g/mol. The first-order chi connectivity index (χ1) is 6.24. The minimum atomic E-state index is 0.572. The Kier molecular flexibility index (Phi) is 1.81. The molecule has 0 saturated carbocycles. The van der Waals surface area contributed by atoms with E-state index in [0.717, 1.165) is 11.0 Å². The first-order valence-corrected chi connectivity index (χ1v) is 4.33. The molecule has 68 valence electrons. The van der Waals surface area contributed by atoms with Gasteiger partial charge in [-0.25, -0.2) is 4.98 Å². The summed E-state index contributed by atoms with van der Waals surface area (Å²) in [5.74, 6) is 0. The fourth-order valence-electron chi connectivity index (χ4n) is 1.69. The first kappa shape index (κ1) is 8.26. The van der Waals surface area contributed by atoms with E-state index in [0.29, 0.717) is 6.54 Å². The van der Waals surface area contributed by atoms with Crippen molar-refractivity contribution in [1.82, 2.24) is 9.55 Å². The number of imidazole rings is 1. The lowest BCUT2D eigenvalue weighted by Crippen LogP contribution is -2.02. The highest BCUT2D eigenvalue weighted by atomic mass is 15.0. The van der Waals surface area contributed by atoms with E-state index in [1.54, 1.807) is 0 Å². The van der Waals surface area contributed by atoms with Gasteiger partial charge in [-0.05, 0) is 24.1 Å². The van der Waals surface area contributed by atoms with E-state index in [9.17, 15) is 0 Å². The Labute approximate surface area is 77.2 Å². The van der Waals surface area contributed by atoms with Gasteiger partial charge in [0.1, 0.15) is 0 Å². The van der Waals surface area contributed by atoms with E-state index in [2.05, 4.69) is 18.0 Å². The van der Waals surface area contributed by atoms with Gasteiger partial charge in [-0.15, -0.1) is 0 Å². The van der Waals surface area contributed by atoms with Crippen LogP contribution in [0.5, 0.6) is 0 Å². The smallest absolute Gasteiger partial charge is 0.0955 e. The van der Waals surface area contributed by atoms with Crippen LogP contribution in [0.3, 0.4) is 0 Å². The molecule has 0 atom stereocenters. The first-order valence-electron chi connectivity index (χ1n) is 4.33. The van der Waals surface area contributed by atoms with Crippen LogP contribution in [0.15, 0.2) is 18.5 Å². The maximum absolute atomic E-state index is 5.70. The molecule has 0 unspecified atom stereocenters. The topological polar surface area (TPSA) is 43.8 Å². The van der Waals surface area contributed by atoms with Crippen molar-refractivity contribution in [3.63, 3.8) is 0 Å². The van der Waals surface area contributed by atoms with E-state index >= 15 is 0 Å². The lowest BCUT2D eigenvalue weighted by atomic mass is 10.1. The number of benzene rings is 1. The number of hydrogen-bond donors (Lipinski definition) is 1. The summed E-state index contributed by atoms with van der Waals surface area (Å²) >= 11 is 0. The van der Waals surface area contributed by atoms with E-state index in [1.807, 2.05) is 24.0 Å². The number of hydrogen-bond acceptors (Lipinski definition) is 2. The number of nitrogens with zero attached hydrogens (tertiary/aromatic N) is 2. The van der Waals surface area contributed by atoms with E-state index in [4.69, 9.17) is 5.73 Å². The second-order valence-electron chi connectivity index (χ2n) is 3.29. The van der Waals surface area contributed by atoms with E-state index in [-0.39, 0.29) is 0 Å². The third kappa shape index (κ3) is 1.12. The molecule has 2 N–H and O–H groups in total. The predicted molar refractivity (Wildman–Crippen MR) is 53.3 cm³/mol. The van der Waals surface area contributed by atoms with Crippen molar-refractivity contribution >= 4 is 11.0 Å². The minimum absolute atomic E-state index is 0.572. The Morgan fingerprint density at radius 3 is 2.92 bits per heavy atom. The Morgan fingerprint density at radius 1 is 1.46 bits per heavy atom. The quantitative estimate of drug-likeness (QED) is 0.710. The van der Waals surface area contributed by atoms with Crippen LogP contribution < -0.4 is 5.73 Å². The van der Waals surface area contributed by atoms with Gasteiger partial charge >= 0.3 is 0 Å². The van der Waals surface area contributed by atoms with Crippen LogP contribution in [0.25, 0.3) is 11.0 Å². The summed E-state index contributed by atoms with van der Waals surface area (Å²) in [5.41, 5.74) is 10.3. The molecule has 1 heterocycles. The van der Waals surface area contributed by atoms with Crippen molar-refractivity contribution in [2.24, 2.45) is 12.8 Å². The molecule has 1 aromatic heterocycles. The van der Waals surface area contributed by atoms with Gasteiger partial charge in [-0.2, -0.15) is 0 Å². The van der Waals surface area contributed by atoms with Gasteiger partial charge in [-0.1, -0.05) is 6.07 Å². The lowest BCUT2D eigenvalue weighted by molar-refractivity contribution is 0.930. The standard InChI is InChI=1S/C10H13N3/c1-7-3-4-9-10(8(7)5-11)13(2)6-12-9/h3-4,6H,5,11H2,1-2H3. The highest BCUT2D eigenvalue weighted by Crippen LogP contribution is 2.19. The van der Waals surface area contributed by atoms with Gasteiger partial charge in [-0.3, -0.25) is 0 Å². The third-order valence-electron chi connectivity index (χ3n) is 2.42. The normalized spacial score (nSPS) is 11.0. The van der Waals surface area contributed by atoms with Crippen molar-refractivity contribution in [2.75, 3.05) is 0 Å². The zero-order valence-corrected chi connectivity index (χ0v) is 7.91. The van der Waals surface area contributed by atoms with Gasteiger partial charge in [0.25, 0.3) is 0 Å². The Hall–Kier alpha value is -1.35. The highest BCUT2D eigenvalue weighted by molar-refractivity contribution is 5.80. The SMILES string of the molecule is Cc1ccc2ncn(C)c2c1CN. The molecule has 1 aromatic carbocycles. The van der Waals surface area contributed by atoms with E-state index < -0.39 is 0 Å². The summed E-state index contributed by atoms with van der Waals surface area (Å²) in [5, 5.41) is 0. The van der Waals surface area contributed by atoms with Gasteiger partial charge in [0.2, 0.25) is 0 Å². The van der Waals surface area contributed by atoms with E-state index in [1.165, 1.54) is 11.1 Å². The number of aromatic nitrogens is 2. The number of nitrogens with two attached hydrogens (primary N) is 1. The largest absolute Gasteiger partial charge is 0.333 e. The second-order valence-corrected chi connectivity index (χ2v) is 3.29. The van der Waals surface area contributed by atoms with Gasteiger partial charge in [0.05, 0.1) is 17.4 Å². The summed E-state index contributed by atoms with van der Waals surface area (Å²) in [6.45, 7) is 2.65. The molecule has 3 nitrogen and oxygen atoms in total. The number of rotatable bonds is 1. The van der Waals surface area contributed by atoms with Gasteiger partial charge < -0.3 is 10.3 Å². The van der Waals surface area contributed by atoms with Crippen LogP contribution in [-0.4, -0.2) is 9.55 Å². The van der Waals surface area contributed by atoms with Gasteiger partial charge in [0.15, 0.2) is 0 Å². The average Bonchev–Trinajstić information content (AvgIpc) is 2.49. The van der Waals surface area contributed by atoms with Crippen molar-refractivity contribution in [1.29, 1.82) is 0 Å². The molecule has 3 heteroatoms. The predicted octanol–water partition coefficient (Wildman–Crippen LogP) is 1.34. The van der Waals surface area contributed by atoms with Crippen molar-refractivity contribution < 1.29 is 0 Å². The second kappa shape index (κ2) is 2.85. The molecule has 0 amide bonds. The Bertz CT molecular complexity index is 443. The molecule has 0 fully saturated rings. The third-order valence-corrected chi connectivity index (χ3v) is 2.42. The Morgan fingerprint density at radius 2 is 2.23 bits per heavy atom. The molecule has 0 aliphatic carbocycles. The fraction of sp³-hybridized carbons (Fsp3) is 0.300. The molecule has 0 saturated heterocycles. The molecular formula is C10H13N3. The zero-order valence-electron chi connectivity index (χ0n) is 7.91. The van der Waals surface area contributed by atoms with Crippen LogP contribution in [0.2, 0.25) is 0 Å². The molecule has 2 rings (SSSR count). The zero-order chi connectivity index (χ0) is 9.42. The maximum atomic E-state index is 5.70. The summed E-state index contributed by atoms with van der Waals surface area (Å²) in [4.78, 5) is 4.28. The van der Waals surface area contributed by atoms with Crippen LogP contribution in [0.1, 0.15) is 11.1 Å². The highest BCUT2D eigenvalue weighted by Gasteiger charge is 2.06. The minimum Gasteiger partial charge on any atom is -0.333 e. The Balaban J connectivity index is 2.88. The van der Waals surface area contributed by atoms with Crippen molar-refractivity contribution in [3.05, 3.63) is 29.6 Å². The fourth-order valence-corrected chi connectivity index (χ4v) is 1.69. The molecule has 13 heavy (non-hydrogen) atoms. The number of fused-ring (bicyclic) bond motifs is 1. The molecule has 0 aliphatic rings. The lowest BCUT2D eigenvalue weighted by Gasteiger charge is -2.05. The maximum Gasteiger partial charge on any atom is 0.0955 e. The molecule has 0 spiro atoms. The average molecular weight is 175 g/mol. The van der Waals surface area contributed by atoms with Crippen LogP contribution >= 0.6 is 0 Å². The van der Waals surface area contributed by atoms with Crippen molar-refractivity contribution in [2.45, 2.75) is 13.5 Å². The summed E-state index contributed by atoms with van der Waals surface area (Å²) in [7, 11) is 1.99. The summed E-state index contributed by atoms with van der Waals surface area (Å²) < 4.78 is 2.02. The summed E-state index contributed by atoms with van der Waals surface area (Å²) in [6, 6.07) is 4.10. The molecular weight excluding hydrogens is 162 g/mol. The van der Waals surface area contributed by atoms with Crippen molar-refractivity contribution in [3.8, 4) is 0 Å².